The van der Waals surface area contributed by atoms with Crippen molar-refractivity contribution >= 4 is 51.6 Å². The molecule has 382 valence electrons. The molecule has 5 aromatic carbocycles. The summed E-state index contributed by atoms with van der Waals surface area (Å²) < 4.78 is 91.8. The van der Waals surface area contributed by atoms with Gasteiger partial charge in [-0.25, -0.2) is 24.3 Å². The molecule has 9 rings (SSSR count). The molecule has 8 aromatic rings. The second-order valence-corrected chi connectivity index (χ2v) is 18.5. The summed E-state index contributed by atoms with van der Waals surface area (Å²) >= 11 is 8.40. The van der Waals surface area contributed by atoms with Crippen LogP contribution in [0.4, 0.5) is 34.9 Å². The van der Waals surface area contributed by atoms with E-state index in [0.717, 1.165) is 45.4 Å². The Morgan fingerprint density at radius 3 is 1.66 bits per heavy atom. The van der Waals surface area contributed by atoms with Crippen molar-refractivity contribution in [1.82, 2.24) is 19.9 Å². The SMILES string of the molecule is COc1ccc(CN(Cc2ccc(OC)cc2)c2ccc(C(F)(F)F)c(-c3nc4c5c(nc(SC)nc5c3F)N([C@H](C)c3cccnc3N(Cc3ccc(OC)cc3)Cc3ccc(OC)cc3)CCO4)c2Cl)cc1. The van der Waals surface area contributed by atoms with Crippen LogP contribution in [0.15, 0.2) is 133 Å². The number of hydrogen-bond acceptors (Lipinski definition) is 13. The zero-order chi connectivity index (χ0) is 52.1. The maximum absolute atomic E-state index is 17.8. The molecule has 74 heavy (non-hydrogen) atoms. The average Bonchev–Trinajstić information content (AvgIpc) is 3.61. The summed E-state index contributed by atoms with van der Waals surface area (Å²) in [6, 6.07) is 35.9. The summed E-state index contributed by atoms with van der Waals surface area (Å²) in [6.45, 7) is 3.63. The number of aromatic nitrogens is 4. The van der Waals surface area contributed by atoms with Crippen LogP contribution >= 0.6 is 23.4 Å². The summed E-state index contributed by atoms with van der Waals surface area (Å²) in [6.07, 6.45) is -1.49. The van der Waals surface area contributed by atoms with Crippen LogP contribution in [0, 0.1) is 5.82 Å². The fourth-order valence-electron chi connectivity index (χ4n) is 9.08. The van der Waals surface area contributed by atoms with Gasteiger partial charge in [0.2, 0.25) is 5.88 Å². The number of pyridine rings is 2. The fourth-order valence-corrected chi connectivity index (χ4v) is 9.81. The van der Waals surface area contributed by atoms with Crippen molar-refractivity contribution in [2.75, 3.05) is 62.5 Å². The molecule has 3 aromatic heterocycles. The van der Waals surface area contributed by atoms with Gasteiger partial charge in [0.15, 0.2) is 11.0 Å². The third-order valence-electron chi connectivity index (χ3n) is 12.9. The highest BCUT2D eigenvalue weighted by Gasteiger charge is 2.39. The third kappa shape index (κ3) is 10.9. The van der Waals surface area contributed by atoms with Crippen LogP contribution in [0.25, 0.3) is 22.2 Å². The summed E-state index contributed by atoms with van der Waals surface area (Å²) in [5.74, 6) is 2.47. The largest absolute Gasteiger partial charge is 0.497 e. The molecular formula is C56H52ClF4N7O5S. The lowest BCUT2D eigenvalue weighted by molar-refractivity contribution is -0.137. The van der Waals surface area contributed by atoms with Gasteiger partial charge < -0.3 is 38.4 Å². The first kappa shape index (κ1) is 51.4. The Morgan fingerprint density at radius 1 is 0.689 bits per heavy atom. The number of alkyl halides is 3. The van der Waals surface area contributed by atoms with E-state index < -0.39 is 34.9 Å². The van der Waals surface area contributed by atoms with Crippen molar-refractivity contribution in [2.24, 2.45) is 0 Å². The Bertz CT molecular complexity index is 3150. The Kier molecular flexibility index (Phi) is 15.5. The molecule has 1 aliphatic heterocycles. The van der Waals surface area contributed by atoms with Crippen LogP contribution in [0.1, 0.15) is 46.3 Å². The van der Waals surface area contributed by atoms with Gasteiger partial charge in [-0.15, -0.1) is 0 Å². The first-order valence-corrected chi connectivity index (χ1v) is 25.1. The first-order chi connectivity index (χ1) is 35.8. The van der Waals surface area contributed by atoms with Gasteiger partial charge in [0.05, 0.1) is 57.3 Å². The number of thioether (sulfide) groups is 1. The minimum Gasteiger partial charge on any atom is -0.497 e. The Hall–Kier alpha value is -7.50. The van der Waals surface area contributed by atoms with E-state index >= 15 is 17.6 Å². The number of methoxy groups -OCH3 is 4. The van der Waals surface area contributed by atoms with E-state index in [0.29, 0.717) is 36.2 Å². The number of benzene rings is 5. The maximum atomic E-state index is 17.8. The van der Waals surface area contributed by atoms with Crippen molar-refractivity contribution in [3.63, 3.8) is 0 Å². The number of rotatable bonds is 18. The standard InChI is InChI=1S/C56H52ClF4N7O5S/c1-34(43-8-7-27-62-52(43)67(32-37-13-21-41(71-4)22-14-37)33-38-15-23-42(72-5)24-16-38)68-28-29-73-54-47-51(64-55(74-6)65-53(47)68)49(58)50(63-54)46-44(56(59,60)61)25-26-45(48(46)57)66(30-35-9-17-39(69-2)18-10-35)31-36-11-19-40(70-3)20-12-36/h7-27,34H,28-33H2,1-6H3/t34-/m1/s1. The number of ether oxygens (including phenoxy) is 5. The second-order valence-electron chi connectivity index (χ2n) is 17.4. The van der Waals surface area contributed by atoms with E-state index in [1.807, 2.05) is 102 Å². The first-order valence-electron chi connectivity index (χ1n) is 23.5. The van der Waals surface area contributed by atoms with E-state index in [2.05, 4.69) is 14.9 Å². The molecule has 0 N–H and O–H groups in total. The third-order valence-corrected chi connectivity index (χ3v) is 13.8. The molecule has 0 unspecified atom stereocenters. The molecule has 0 spiro atoms. The molecule has 12 nitrogen and oxygen atoms in total. The number of anilines is 3. The Balaban J connectivity index is 1.16. The Morgan fingerprint density at radius 2 is 1.19 bits per heavy atom. The zero-order valence-electron chi connectivity index (χ0n) is 41.4. The Labute approximate surface area is 435 Å². The van der Waals surface area contributed by atoms with Gasteiger partial charge in [0.1, 0.15) is 57.8 Å². The van der Waals surface area contributed by atoms with E-state index in [1.165, 1.54) is 17.8 Å². The number of halogens is 5. The smallest absolute Gasteiger partial charge is 0.417 e. The zero-order valence-corrected chi connectivity index (χ0v) is 43.0. The van der Waals surface area contributed by atoms with E-state index in [1.54, 1.807) is 65.2 Å². The topological polar surface area (TPSA) is 107 Å². The molecule has 4 heterocycles. The van der Waals surface area contributed by atoms with Gasteiger partial charge >= 0.3 is 6.18 Å². The molecular weight excluding hydrogens is 994 g/mol. The van der Waals surface area contributed by atoms with Crippen LogP contribution in [0.3, 0.4) is 0 Å². The quantitative estimate of drug-likeness (QED) is 0.0463. The molecule has 18 heteroatoms. The van der Waals surface area contributed by atoms with Crippen LogP contribution in [-0.2, 0) is 32.4 Å². The van der Waals surface area contributed by atoms with Gasteiger partial charge in [0, 0.05) is 43.5 Å². The van der Waals surface area contributed by atoms with Crippen LogP contribution < -0.4 is 38.4 Å². The maximum Gasteiger partial charge on any atom is 0.417 e. The number of hydrogen-bond donors (Lipinski definition) is 0. The molecule has 1 aliphatic rings. The highest BCUT2D eigenvalue weighted by molar-refractivity contribution is 7.98. The molecule has 0 saturated carbocycles. The van der Waals surface area contributed by atoms with Crippen LogP contribution in [0.5, 0.6) is 28.9 Å². The van der Waals surface area contributed by atoms with Crippen molar-refractivity contribution in [1.29, 1.82) is 0 Å². The normalized spacial score (nSPS) is 12.7. The van der Waals surface area contributed by atoms with Gasteiger partial charge in [-0.3, -0.25) is 0 Å². The predicted octanol–water partition coefficient (Wildman–Crippen LogP) is 13.0. The van der Waals surface area contributed by atoms with Gasteiger partial charge in [0.25, 0.3) is 0 Å². The fraction of sp³-hybridized carbons (Fsp3) is 0.250. The van der Waals surface area contributed by atoms with E-state index in [-0.39, 0.29) is 58.9 Å². The van der Waals surface area contributed by atoms with E-state index in [4.69, 9.17) is 45.3 Å². The molecule has 1 atom stereocenters. The van der Waals surface area contributed by atoms with Crippen molar-refractivity contribution in [3.8, 4) is 40.1 Å². The lowest BCUT2D eigenvalue weighted by Gasteiger charge is -2.33. The summed E-state index contributed by atoms with van der Waals surface area (Å²) in [5.41, 5.74) is 1.93. The van der Waals surface area contributed by atoms with Crippen molar-refractivity contribution in [3.05, 3.63) is 172 Å². The average molecular weight is 1050 g/mol. The molecule has 0 amide bonds. The second kappa shape index (κ2) is 22.3. The summed E-state index contributed by atoms with van der Waals surface area (Å²) in [7, 11) is 6.37. The van der Waals surface area contributed by atoms with Gasteiger partial charge in [-0.2, -0.15) is 13.2 Å². The monoisotopic (exact) mass is 1050 g/mol. The van der Waals surface area contributed by atoms with Crippen molar-refractivity contribution < 1.29 is 41.2 Å². The van der Waals surface area contributed by atoms with Gasteiger partial charge in [-0.05, 0) is 102 Å². The highest BCUT2D eigenvalue weighted by Crippen LogP contribution is 2.49. The molecule has 0 aliphatic carbocycles. The van der Waals surface area contributed by atoms with E-state index in [9.17, 15) is 0 Å². The van der Waals surface area contributed by atoms with Crippen molar-refractivity contribution in [2.45, 2.75) is 50.5 Å². The van der Waals surface area contributed by atoms with Crippen LogP contribution in [0.2, 0.25) is 5.02 Å². The molecule has 0 fully saturated rings. The summed E-state index contributed by atoms with van der Waals surface area (Å²) in [4.78, 5) is 25.1. The predicted molar refractivity (Wildman–Crippen MR) is 282 cm³/mol. The lowest BCUT2D eigenvalue weighted by atomic mass is 9.99. The lowest BCUT2D eigenvalue weighted by Crippen LogP contribution is -2.33. The summed E-state index contributed by atoms with van der Waals surface area (Å²) in [5, 5.41) is -0.0729. The van der Waals surface area contributed by atoms with Gasteiger partial charge in [-0.1, -0.05) is 78.0 Å². The minimum absolute atomic E-state index is 0.0108. The molecule has 0 saturated heterocycles. The minimum atomic E-state index is -4.98. The van der Waals surface area contributed by atoms with Crippen LogP contribution in [-0.4, -0.2) is 67.8 Å². The molecule has 0 radical (unpaired) electrons. The number of nitrogens with zero attached hydrogens (tertiary/aromatic N) is 7. The highest BCUT2D eigenvalue weighted by atomic mass is 35.5. The molecule has 0 bridgehead atoms.